The molecule has 0 bridgehead atoms. The lowest BCUT2D eigenvalue weighted by Gasteiger charge is -2.08. The van der Waals surface area contributed by atoms with E-state index in [0.717, 1.165) is 12.1 Å². The van der Waals surface area contributed by atoms with Gasteiger partial charge in [-0.1, -0.05) is 11.8 Å². The first-order valence-corrected chi connectivity index (χ1v) is 7.32. The minimum absolute atomic E-state index is 0.208. The molecule has 0 fully saturated rings. The molecule has 0 aliphatic carbocycles. The van der Waals surface area contributed by atoms with Crippen LogP contribution >= 0.6 is 11.8 Å². The minimum atomic E-state index is -4.38. The zero-order chi connectivity index (χ0) is 16.2. The van der Waals surface area contributed by atoms with Gasteiger partial charge in [-0.3, -0.25) is 9.89 Å². The Bertz CT molecular complexity index is 639. The first kappa shape index (κ1) is 16.3. The number of alkyl halides is 3. The third-order valence-electron chi connectivity index (χ3n) is 2.63. The molecule has 1 heterocycles. The highest BCUT2D eigenvalue weighted by Crippen LogP contribution is 2.29. The number of aromatic amines is 1. The maximum atomic E-state index is 12.4. The summed E-state index contributed by atoms with van der Waals surface area (Å²) in [5.74, 6) is 0.889. The molecule has 0 saturated carbocycles. The quantitative estimate of drug-likeness (QED) is 0.826. The fraction of sp³-hybridized carbons (Fsp3) is 0.308. The van der Waals surface area contributed by atoms with Crippen molar-refractivity contribution < 1.29 is 18.0 Å². The van der Waals surface area contributed by atoms with Crippen LogP contribution in [0.1, 0.15) is 17.8 Å². The number of hydrogen-bond donors (Lipinski definition) is 2. The third kappa shape index (κ3) is 4.76. The summed E-state index contributed by atoms with van der Waals surface area (Å²) >= 11 is 1.32. The van der Waals surface area contributed by atoms with Gasteiger partial charge in [-0.05, 0) is 31.2 Å². The van der Waals surface area contributed by atoms with E-state index in [1.165, 1.54) is 23.9 Å². The molecule has 2 rings (SSSR count). The molecule has 2 N–H and O–H groups in total. The van der Waals surface area contributed by atoms with Crippen LogP contribution in [0.5, 0.6) is 0 Å². The van der Waals surface area contributed by atoms with Gasteiger partial charge in [0.25, 0.3) is 0 Å². The number of aromatic nitrogens is 3. The van der Waals surface area contributed by atoms with Crippen molar-refractivity contribution >= 4 is 23.4 Å². The summed E-state index contributed by atoms with van der Waals surface area (Å²) in [6, 6.07) is 4.32. The van der Waals surface area contributed by atoms with Crippen LogP contribution in [0.4, 0.5) is 18.9 Å². The largest absolute Gasteiger partial charge is 0.416 e. The smallest absolute Gasteiger partial charge is 0.326 e. The van der Waals surface area contributed by atoms with E-state index in [4.69, 9.17) is 0 Å². The number of H-pyrrole nitrogens is 1. The summed E-state index contributed by atoms with van der Waals surface area (Å²) in [5.41, 5.74) is -0.419. The molecule has 0 atom stereocenters. The van der Waals surface area contributed by atoms with Crippen molar-refractivity contribution in [3.05, 3.63) is 35.7 Å². The molecule has 0 spiro atoms. The van der Waals surface area contributed by atoms with Crippen LogP contribution in [0.15, 0.2) is 29.4 Å². The molecule has 1 aromatic carbocycles. The van der Waals surface area contributed by atoms with Crippen molar-refractivity contribution in [2.75, 3.05) is 11.1 Å². The fourth-order valence-corrected chi connectivity index (χ4v) is 2.37. The van der Waals surface area contributed by atoms with Crippen molar-refractivity contribution in [3.63, 3.8) is 0 Å². The van der Waals surface area contributed by atoms with Crippen molar-refractivity contribution in [1.82, 2.24) is 15.2 Å². The number of hydrogen-bond acceptors (Lipinski definition) is 4. The number of thioether (sulfide) groups is 1. The summed E-state index contributed by atoms with van der Waals surface area (Å²) in [6.07, 6.45) is -4.17. The zero-order valence-corrected chi connectivity index (χ0v) is 12.4. The normalized spacial score (nSPS) is 11.5. The number of nitrogens with zero attached hydrogens (tertiary/aromatic N) is 2. The Labute approximate surface area is 128 Å². The first-order valence-electron chi connectivity index (χ1n) is 6.33. The average molecular weight is 330 g/mol. The van der Waals surface area contributed by atoms with E-state index in [-0.39, 0.29) is 12.3 Å². The molecule has 1 amide bonds. The molecule has 0 radical (unpaired) electrons. The van der Waals surface area contributed by atoms with Crippen LogP contribution in [0.2, 0.25) is 0 Å². The lowest BCUT2D eigenvalue weighted by molar-refractivity contribution is -0.137. The summed E-state index contributed by atoms with van der Waals surface area (Å²) < 4.78 is 37.2. The van der Waals surface area contributed by atoms with Gasteiger partial charge in [0.1, 0.15) is 5.82 Å². The molecule has 2 aromatic rings. The van der Waals surface area contributed by atoms with E-state index in [9.17, 15) is 18.0 Å². The van der Waals surface area contributed by atoms with Crippen molar-refractivity contribution in [3.8, 4) is 0 Å². The minimum Gasteiger partial charge on any atom is -0.326 e. The molecule has 0 aliphatic rings. The highest BCUT2D eigenvalue weighted by molar-refractivity contribution is 7.99. The van der Waals surface area contributed by atoms with Crippen molar-refractivity contribution in [1.29, 1.82) is 0 Å². The lowest BCUT2D eigenvalue weighted by Crippen LogP contribution is -2.12. The van der Waals surface area contributed by atoms with Crippen molar-refractivity contribution in [2.45, 2.75) is 24.7 Å². The van der Waals surface area contributed by atoms with Crippen LogP contribution in [0.3, 0.4) is 0 Å². The second-order valence-corrected chi connectivity index (χ2v) is 5.49. The number of anilines is 1. The van der Waals surface area contributed by atoms with E-state index >= 15 is 0 Å². The first-order chi connectivity index (χ1) is 10.3. The molecule has 0 unspecified atom stereocenters. The molecule has 1 aromatic heterocycles. The van der Waals surface area contributed by atoms with E-state index in [1.807, 2.05) is 0 Å². The van der Waals surface area contributed by atoms with E-state index in [2.05, 4.69) is 20.5 Å². The molecule has 0 saturated heterocycles. The molecule has 9 heteroatoms. The van der Waals surface area contributed by atoms with E-state index < -0.39 is 11.7 Å². The maximum absolute atomic E-state index is 12.4. The molecule has 5 nitrogen and oxygen atoms in total. The summed E-state index contributed by atoms with van der Waals surface area (Å²) in [7, 11) is 0. The Morgan fingerprint density at radius 1 is 1.32 bits per heavy atom. The Morgan fingerprint density at radius 3 is 2.55 bits per heavy atom. The van der Waals surface area contributed by atoms with Gasteiger partial charge in [0.05, 0.1) is 5.56 Å². The summed E-state index contributed by atoms with van der Waals surface area (Å²) in [4.78, 5) is 15.8. The SMILES string of the molecule is Cc1nc(SCCC(=O)Nc2ccc(C(F)(F)F)cc2)n[nH]1. The molecule has 118 valence electrons. The predicted molar refractivity (Wildman–Crippen MR) is 76.5 cm³/mol. The topological polar surface area (TPSA) is 70.7 Å². The summed E-state index contributed by atoms with van der Waals surface area (Å²) in [5, 5.41) is 9.71. The van der Waals surface area contributed by atoms with Crippen LogP contribution in [-0.4, -0.2) is 26.8 Å². The highest BCUT2D eigenvalue weighted by Gasteiger charge is 2.29. The molecule has 0 aliphatic heterocycles. The van der Waals surface area contributed by atoms with Crippen LogP contribution in [-0.2, 0) is 11.0 Å². The van der Waals surface area contributed by atoms with E-state index in [0.29, 0.717) is 22.4 Å². The number of rotatable bonds is 5. The van der Waals surface area contributed by atoms with Gasteiger partial charge in [0.15, 0.2) is 0 Å². The number of nitrogens with one attached hydrogen (secondary N) is 2. The Kier molecular flexibility index (Phi) is 5.07. The van der Waals surface area contributed by atoms with Gasteiger partial charge in [-0.25, -0.2) is 4.98 Å². The Balaban J connectivity index is 1.79. The highest BCUT2D eigenvalue weighted by atomic mass is 32.2. The number of carbonyl (C=O) groups excluding carboxylic acids is 1. The van der Waals surface area contributed by atoms with Crippen molar-refractivity contribution in [2.24, 2.45) is 0 Å². The second-order valence-electron chi connectivity index (χ2n) is 4.43. The van der Waals surface area contributed by atoms with Crippen LogP contribution in [0.25, 0.3) is 0 Å². The van der Waals surface area contributed by atoms with Gasteiger partial charge < -0.3 is 5.32 Å². The number of benzene rings is 1. The third-order valence-corrected chi connectivity index (χ3v) is 3.48. The maximum Gasteiger partial charge on any atom is 0.416 e. The number of aryl methyl sites for hydroxylation is 1. The van der Waals surface area contributed by atoms with Gasteiger partial charge >= 0.3 is 6.18 Å². The van der Waals surface area contributed by atoms with Gasteiger partial charge in [-0.15, -0.1) is 5.10 Å². The zero-order valence-electron chi connectivity index (χ0n) is 11.6. The predicted octanol–water partition coefficient (Wildman–Crippen LogP) is 3.25. The monoisotopic (exact) mass is 330 g/mol. The number of carbonyl (C=O) groups is 1. The van der Waals surface area contributed by atoms with E-state index in [1.54, 1.807) is 6.92 Å². The Hall–Kier alpha value is -2.03. The standard InChI is InChI=1S/C13H13F3N4OS/c1-8-17-12(20-19-8)22-7-6-11(21)18-10-4-2-9(3-5-10)13(14,15)16/h2-5H,6-7H2,1H3,(H,18,21)(H,17,19,20). The average Bonchev–Trinajstić information content (AvgIpc) is 2.84. The number of amides is 1. The van der Waals surface area contributed by atoms with Gasteiger partial charge in [0, 0.05) is 17.9 Å². The second kappa shape index (κ2) is 6.82. The number of halogens is 3. The Morgan fingerprint density at radius 2 is 2.00 bits per heavy atom. The fourth-order valence-electron chi connectivity index (χ4n) is 1.59. The molecule has 22 heavy (non-hydrogen) atoms. The van der Waals surface area contributed by atoms with Gasteiger partial charge in [-0.2, -0.15) is 13.2 Å². The lowest BCUT2D eigenvalue weighted by atomic mass is 10.2. The van der Waals surface area contributed by atoms with Crippen LogP contribution in [0, 0.1) is 6.92 Å². The molecular formula is C13H13F3N4OS. The van der Waals surface area contributed by atoms with Crippen LogP contribution < -0.4 is 5.32 Å². The van der Waals surface area contributed by atoms with Gasteiger partial charge in [0.2, 0.25) is 11.1 Å². The summed E-state index contributed by atoms with van der Waals surface area (Å²) in [6.45, 7) is 1.77. The molecular weight excluding hydrogens is 317 g/mol.